The van der Waals surface area contributed by atoms with Gasteiger partial charge in [-0.1, -0.05) is 23.2 Å². The lowest BCUT2D eigenvalue weighted by molar-refractivity contribution is 0.275. The number of aliphatic hydroxyl groups is 1. The summed E-state index contributed by atoms with van der Waals surface area (Å²) in [7, 11) is -3.66. The van der Waals surface area contributed by atoms with Crippen LogP contribution in [0.15, 0.2) is 23.1 Å². The van der Waals surface area contributed by atoms with Crippen LogP contribution < -0.4 is 4.72 Å². The number of nitrogens with one attached hydrogen (secondary N) is 1. The molecule has 2 N–H and O–H groups in total. The first-order valence-electron chi connectivity index (χ1n) is 4.94. The molecule has 0 aliphatic rings. The fourth-order valence-electron chi connectivity index (χ4n) is 1.27. The first-order valence-corrected chi connectivity index (χ1v) is 7.18. The van der Waals surface area contributed by atoms with E-state index in [-0.39, 0.29) is 27.6 Å². The molecule has 0 spiro atoms. The summed E-state index contributed by atoms with van der Waals surface area (Å²) in [5.41, 5.74) is 0. The van der Waals surface area contributed by atoms with Crippen molar-refractivity contribution < 1.29 is 13.5 Å². The number of aliphatic hydroxyl groups excluding tert-OH is 1. The van der Waals surface area contributed by atoms with Crippen LogP contribution in [-0.2, 0) is 10.0 Å². The van der Waals surface area contributed by atoms with E-state index in [1.165, 1.54) is 18.2 Å². The van der Waals surface area contributed by atoms with Crippen molar-refractivity contribution in [2.75, 3.05) is 6.61 Å². The van der Waals surface area contributed by atoms with Crippen LogP contribution >= 0.6 is 23.2 Å². The molecule has 0 aliphatic heterocycles. The predicted octanol–water partition coefficient (Wildman–Crippen LogP) is 2.04. The summed E-state index contributed by atoms with van der Waals surface area (Å²) in [6, 6.07) is 3.74. The smallest absolute Gasteiger partial charge is 0.240 e. The van der Waals surface area contributed by atoms with E-state index >= 15 is 0 Å². The van der Waals surface area contributed by atoms with E-state index in [9.17, 15) is 8.42 Å². The van der Waals surface area contributed by atoms with E-state index < -0.39 is 10.0 Å². The molecule has 1 rings (SSSR count). The average molecular weight is 298 g/mol. The molecule has 1 atom stereocenters. The van der Waals surface area contributed by atoms with Crippen molar-refractivity contribution in [1.82, 2.24) is 4.72 Å². The maximum Gasteiger partial charge on any atom is 0.240 e. The third-order valence-electron chi connectivity index (χ3n) is 2.06. The first kappa shape index (κ1) is 14.7. The zero-order valence-corrected chi connectivity index (χ0v) is 11.5. The molecule has 0 bridgehead atoms. The zero-order chi connectivity index (χ0) is 13.1. The molecule has 1 unspecified atom stereocenters. The Kier molecular flexibility index (Phi) is 5.22. The summed E-state index contributed by atoms with van der Waals surface area (Å²) >= 11 is 11.5. The highest BCUT2D eigenvalue weighted by Gasteiger charge is 2.18. The molecule has 7 heteroatoms. The van der Waals surface area contributed by atoms with E-state index in [4.69, 9.17) is 28.3 Å². The minimum absolute atomic E-state index is 0.0137. The third kappa shape index (κ3) is 4.44. The second-order valence-electron chi connectivity index (χ2n) is 3.64. The van der Waals surface area contributed by atoms with Crippen LogP contribution in [0.4, 0.5) is 0 Å². The molecule has 17 heavy (non-hydrogen) atoms. The van der Waals surface area contributed by atoms with Crippen LogP contribution in [0.1, 0.15) is 13.3 Å². The lowest BCUT2D eigenvalue weighted by Gasteiger charge is -2.13. The maximum absolute atomic E-state index is 11.9. The van der Waals surface area contributed by atoms with Crippen LogP contribution in [0.3, 0.4) is 0 Å². The topological polar surface area (TPSA) is 66.4 Å². The van der Waals surface area contributed by atoms with E-state index in [0.717, 1.165) is 0 Å². The van der Waals surface area contributed by atoms with Gasteiger partial charge in [-0.25, -0.2) is 13.1 Å². The Morgan fingerprint density at radius 1 is 1.29 bits per heavy atom. The predicted molar refractivity (Wildman–Crippen MR) is 67.9 cm³/mol. The number of rotatable bonds is 5. The molecule has 0 saturated heterocycles. The van der Waals surface area contributed by atoms with Gasteiger partial charge in [-0.3, -0.25) is 0 Å². The molecular weight excluding hydrogens is 285 g/mol. The van der Waals surface area contributed by atoms with E-state index in [0.29, 0.717) is 6.42 Å². The standard InChI is InChI=1S/C10H13Cl2NO3S/c1-7(2-3-14)13-17(15,16)10-5-8(11)4-9(12)6-10/h4-7,13-14H,2-3H2,1H3. The molecular formula is C10H13Cl2NO3S. The highest BCUT2D eigenvalue weighted by molar-refractivity contribution is 7.89. The minimum atomic E-state index is -3.66. The van der Waals surface area contributed by atoms with Gasteiger partial charge in [0.05, 0.1) is 4.90 Å². The Labute approximate surface area is 111 Å². The molecule has 0 fully saturated rings. The Hall–Kier alpha value is -0.330. The molecule has 0 heterocycles. The molecule has 1 aromatic carbocycles. The van der Waals surface area contributed by atoms with Gasteiger partial charge in [0, 0.05) is 22.7 Å². The van der Waals surface area contributed by atoms with Crippen LogP contribution in [0.5, 0.6) is 0 Å². The molecule has 0 aliphatic carbocycles. The van der Waals surface area contributed by atoms with Crippen molar-refractivity contribution in [1.29, 1.82) is 0 Å². The van der Waals surface area contributed by atoms with E-state index in [1.54, 1.807) is 6.92 Å². The Balaban J connectivity index is 2.97. The van der Waals surface area contributed by atoms with Gasteiger partial charge in [0.25, 0.3) is 0 Å². The van der Waals surface area contributed by atoms with Crippen molar-refractivity contribution in [3.63, 3.8) is 0 Å². The molecule has 0 aromatic heterocycles. The van der Waals surface area contributed by atoms with Gasteiger partial charge < -0.3 is 5.11 Å². The number of sulfonamides is 1. The fraction of sp³-hybridized carbons (Fsp3) is 0.400. The summed E-state index contributed by atoms with van der Waals surface area (Å²) in [5, 5.41) is 9.23. The van der Waals surface area contributed by atoms with Gasteiger partial charge in [0.1, 0.15) is 0 Å². The SMILES string of the molecule is CC(CCO)NS(=O)(=O)c1cc(Cl)cc(Cl)c1. The van der Waals surface area contributed by atoms with Gasteiger partial charge in [-0.2, -0.15) is 0 Å². The Morgan fingerprint density at radius 2 is 1.82 bits per heavy atom. The second-order valence-corrected chi connectivity index (χ2v) is 6.23. The van der Waals surface area contributed by atoms with Crippen molar-refractivity contribution in [2.45, 2.75) is 24.3 Å². The molecule has 96 valence electrons. The van der Waals surface area contributed by atoms with Crippen LogP contribution in [-0.4, -0.2) is 26.2 Å². The van der Waals surface area contributed by atoms with E-state index in [1.807, 2.05) is 0 Å². The van der Waals surface area contributed by atoms with Gasteiger partial charge in [-0.05, 0) is 31.5 Å². The number of benzene rings is 1. The van der Waals surface area contributed by atoms with Crippen LogP contribution in [0.25, 0.3) is 0 Å². The summed E-state index contributed by atoms with van der Waals surface area (Å²) in [6.07, 6.45) is 0.341. The average Bonchev–Trinajstić information content (AvgIpc) is 2.15. The molecule has 0 radical (unpaired) electrons. The summed E-state index contributed by atoms with van der Waals surface area (Å²) < 4.78 is 26.2. The Bertz CT molecular complexity index is 470. The largest absolute Gasteiger partial charge is 0.396 e. The molecule has 0 saturated carbocycles. The number of halogens is 2. The maximum atomic E-state index is 11.9. The molecule has 1 aromatic rings. The number of hydrogen-bond acceptors (Lipinski definition) is 3. The summed E-state index contributed by atoms with van der Waals surface area (Å²) in [6.45, 7) is 1.58. The van der Waals surface area contributed by atoms with Crippen molar-refractivity contribution >= 4 is 33.2 Å². The van der Waals surface area contributed by atoms with Gasteiger partial charge >= 0.3 is 0 Å². The highest BCUT2D eigenvalue weighted by atomic mass is 35.5. The second kappa shape index (κ2) is 6.02. The first-order chi connectivity index (χ1) is 7.85. The van der Waals surface area contributed by atoms with E-state index in [2.05, 4.69) is 4.72 Å². The minimum Gasteiger partial charge on any atom is -0.396 e. The van der Waals surface area contributed by atoms with Gasteiger partial charge in [0.2, 0.25) is 10.0 Å². The quantitative estimate of drug-likeness (QED) is 0.874. The van der Waals surface area contributed by atoms with Gasteiger partial charge in [-0.15, -0.1) is 0 Å². The normalized spacial score (nSPS) is 13.6. The molecule has 4 nitrogen and oxygen atoms in total. The van der Waals surface area contributed by atoms with Crippen LogP contribution in [0, 0.1) is 0 Å². The number of hydrogen-bond donors (Lipinski definition) is 2. The van der Waals surface area contributed by atoms with Gasteiger partial charge in [0.15, 0.2) is 0 Å². The summed E-state index contributed by atoms with van der Waals surface area (Å²) in [5.74, 6) is 0. The lowest BCUT2D eigenvalue weighted by Crippen LogP contribution is -2.33. The fourth-order valence-corrected chi connectivity index (χ4v) is 3.27. The third-order valence-corrected chi connectivity index (χ3v) is 4.07. The molecule has 0 amide bonds. The summed E-state index contributed by atoms with van der Waals surface area (Å²) in [4.78, 5) is 0.0137. The van der Waals surface area contributed by atoms with Crippen LogP contribution in [0.2, 0.25) is 10.0 Å². The van der Waals surface area contributed by atoms with Crippen molar-refractivity contribution in [3.8, 4) is 0 Å². The monoisotopic (exact) mass is 297 g/mol. The van der Waals surface area contributed by atoms with Crippen molar-refractivity contribution in [3.05, 3.63) is 28.2 Å². The Morgan fingerprint density at radius 3 is 2.29 bits per heavy atom. The van der Waals surface area contributed by atoms with Crippen molar-refractivity contribution in [2.24, 2.45) is 0 Å². The lowest BCUT2D eigenvalue weighted by atomic mass is 10.3. The highest BCUT2D eigenvalue weighted by Crippen LogP contribution is 2.22. The zero-order valence-electron chi connectivity index (χ0n) is 9.15.